The van der Waals surface area contributed by atoms with Crippen LogP contribution in [-0.2, 0) is 6.54 Å². The number of benzene rings is 3. The van der Waals surface area contributed by atoms with Gasteiger partial charge >= 0.3 is 0 Å². The van der Waals surface area contributed by atoms with Crippen LogP contribution >= 0.6 is 15.9 Å². The van der Waals surface area contributed by atoms with Crippen molar-refractivity contribution in [3.05, 3.63) is 99.5 Å². The highest BCUT2D eigenvalue weighted by molar-refractivity contribution is 9.10. The number of hydrogen-bond donors (Lipinski definition) is 1. The molecule has 3 aromatic rings. The molecule has 0 fully saturated rings. The van der Waals surface area contributed by atoms with E-state index in [1.807, 2.05) is 43.3 Å². The molecule has 0 saturated heterocycles. The van der Waals surface area contributed by atoms with Crippen LogP contribution in [0, 0.1) is 6.92 Å². The second-order valence-corrected chi connectivity index (χ2v) is 7.50. The van der Waals surface area contributed by atoms with E-state index in [2.05, 4.69) is 21.2 Å². The van der Waals surface area contributed by atoms with Gasteiger partial charge in [-0.15, -0.1) is 0 Å². The molecule has 3 aromatic carbocycles. The normalized spacial score (nSPS) is 10.4. The topological polar surface area (TPSA) is 49.4 Å². The second kappa shape index (κ2) is 8.85. The number of carbonyl (C=O) groups is 2. The summed E-state index contributed by atoms with van der Waals surface area (Å²) >= 11 is 3.44. The predicted octanol–water partition coefficient (Wildman–Crippen LogP) is 5.28. The maximum absolute atomic E-state index is 12.7. The summed E-state index contributed by atoms with van der Waals surface area (Å²) in [6, 6.07) is 22.3. The molecule has 0 aliphatic rings. The summed E-state index contributed by atoms with van der Waals surface area (Å²) in [7, 11) is 1.77. The molecule has 142 valence electrons. The Morgan fingerprint density at radius 2 is 1.68 bits per heavy atom. The van der Waals surface area contributed by atoms with E-state index in [1.165, 1.54) is 0 Å². The minimum atomic E-state index is -0.220. The Hall–Kier alpha value is -2.92. The van der Waals surface area contributed by atoms with E-state index < -0.39 is 0 Å². The molecule has 1 N–H and O–H groups in total. The molecule has 0 heterocycles. The van der Waals surface area contributed by atoms with Gasteiger partial charge in [-0.1, -0.05) is 58.4 Å². The molecule has 3 rings (SSSR count). The number of nitrogens with one attached hydrogen (secondary N) is 1. The van der Waals surface area contributed by atoms with Crippen LogP contribution in [-0.4, -0.2) is 23.8 Å². The van der Waals surface area contributed by atoms with Crippen LogP contribution in [0.1, 0.15) is 31.8 Å². The van der Waals surface area contributed by atoms with E-state index in [9.17, 15) is 9.59 Å². The van der Waals surface area contributed by atoms with Crippen molar-refractivity contribution in [3.63, 3.8) is 0 Å². The van der Waals surface area contributed by atoms with E-state index in [-0.39, 0.29) is 11.8 Å². The number of halogens is 1. The third-order valence-corrected chi connectivity index (χ3v) is 5.27. The first-order chi connectivity index (χ1) is 13.4. The first-order valence-corrected chi connectivity index (χ1v) is 9.70. The Kier molecular flexibility index (Phi) is 6.26. The lowest BCUT2D eigenvalue weighted by atomic mass is 10.1. The van der Waals surface area contributed by atoms with Gasteiger partial charge in [0.15, 0.2) is 0 Å². The Morgan fingerprint density at radius 1 is 0.929 bits per heavy atom. The van der Waals surface area contributed by atoms with Gasteiger partial charge in [0, 0.05) is 34.9 Å². The zero-order valence-electron chi connectivity index (χ0n) is 15.8. The molecule has 0 aliphatic heterocycles. The molecule has 4 nitrogen and oxygen atoms in total. The third kappa shape index (κ3) is 4.87. The van der Waals surface area contributed by atoms with E-state index in [0.29, 0.717) is 23.4 Å². The van der Waals surface area contributed by atoms with Gasteiger partial charge in [-0.3, -0.25) is 9.59 Å². The summed E-state index contributed by atoms with van der Waals surface area (Å²) in [5.74, 6) is -0.319. The highest BCUT2D eigenvalue weighted by Crippen LogP contribution is 2.19. The van der Waals surface area contributed by atoms with Crippen LogP contribution < -0.4 is 5.32 Å². The largest absolute Gasteiger partial charge is 0.337 e. The lowest BCUT2D eigenvalue weighted by Gasteiger charge is -2.18. The van der Waals surface area contributed by atoms with Crippen molar-refractivity contribution < 1.29 is 9.59 Å². The fourth-order valence-electron chi connectivity index (χ4n) is 2.82. The average Bonchev–Trinajstić information content (AvgIpc) is 2.70. The Bertz CT molecular complexity index is 1000. The number of nitrogens with zero attached hydrogens (tertiary/aromatic N) is 1. The average molecular weight is 437 g/mol. The second-order valence-electron chi connectivity index (χ2n) is 6.65. The lowest BCUT2D eigenvalue weighted by molar-refractivity contribution is 0.0784. The zero-order chi connectivity index (χ0) is 20.1. The van der Waals surface area contributed by atoms with E-state index in [0.717, 1.165) is 15.6 Å². The zero-order valence-corrected chi connectivity index (χ0v) is 17.4. The van der Waals surface area contributed by atoms with Crippen LogP contribution in [0.25, 0.3) is 0 Å². The molecular weight excluding hydrogens is 416 g/mol. The molecular formula is C23H21BrN2O2. The van der Waals surface area contributed by atoms with Gasteiger partial charge in [-0.25, -0.2) is 0 Å². The Morgan fingerprint density at radius 3 is 2.39 bits per heavy atom. The predicted molar refractivity (Wildman–Crippen MR) is 116 cm³/mol. The maximum Gasteiger partial charge on any atom is 0.255 e. The number of anilines is 1. The van der Waals surface area contributed by atoms with E-state index in [1.54, 1.807) is 48.3 Å². The van der Waals surface area contributed by atoms with Gasteiger partial charge in [-0.05, 0) is 48.4 Å². The summed E-state index contributed by atoms with van der Waals surface area (Å²) in [6.45, 7) is 2.49. The van der Waals surface area contributed by atoms with Crippen LogP contribution in [0.3, 0.4) is 0 Å². The van der Waals surface area contributed by atoms with Crippen molar-refractivity contribution in [1.29, 1.82) is 0 Å². The molecule has 0 bridgehead atoms. The standard InChI is InChI=1S/C23H21BrN2O2/c1-16-11-12-18(14-21(16)24)22(27)25-20-10-6-9-19(13-20)23(28)26(2)15-17-7-4-3-5-8-17/h3-14H,15H2,1-2H3,(H,25,27). The molecule has 0 aromatic heterocycles. The van der Waals surface area contributed by atoms with E-state index >= 15 is 0 Å². The summed E-state index contributed by atoms with van der Waals surface area (Å²) in [4.78, 5) is 26.9. The van der Waals surface area contributed by atoms with Gasteiger partial charge in [0.05, 0.1) is 0 Å². The first-order valence-electron chi connectivity index (χ1n) is 8.91. The van der Waals surface area contributed by atoms with Crippen LogP contribution in [0.5, 0.6) is 0 Å². The number of rotatable bonds is 5. The lowest BCUT2D eigenvalue weighted by Crippen LogP contribution is -2.26. The molecule has 0 saturated carbocycles. The highest BCUT2D eigenvalue weighted by Gasteiger charge is 2.14. The summed E-state index contributed by atoms with van der Waals surface area (Å²) in [5, 5.41) is 2.86. The third-order valence-electron chi connectivity index (χ3n) is 4.41. The minimum Gasteiger partial charge on any atom is -0.337 e. The van der Waals surface area contributed by atoms with Crippen molar-refractivity contribution in [1.82, 2.24) is 4.90 Å². The van der Waals surface area contributed by atoms with Crippen molar-refractivity contribution in [2.45, 2.75) is 13.5 Å². The summed E-state index contributed by atoms with van der Waals surface area (Å²) < 4.78 is 0.881. The number of aryl methyl sites for hydroxylation is 1. The highest BCUT2D eigenvalue weighted by atomic mass is 79.9. The smallest absolute Gasteiger partial charge is 0.255 e. The monoisotopic (exact) mass is 436 g/mol. The molecule has 5 heteroatoms. The van der Waals surface area contributed by atoms with Crippen LogP contribution in [0.15, 0.2) is 77.3 Å². The maximum atomic E-state index is 12.7. The fourth-order valence-corrected chi connectivity index (χ4v) is 3.20. The molecule has 2 amide bonds. The number of hydrogen-bond acceptors (Lipinski definition) is 2. The molecule has 0 unspecified atom stereocenters. The summed E-state index contributed by atoms with van der Waals surface area (Å²) in [5.41, 5.74) is 3.79. The fraction of sp³-hybridized carbons (Fsp3) is 0.130. The van der Waals surface area contributed by atoms with Crippen molar-refractivity contribution in [3.8, 4) is 0 Å². The minimum absolute atomic E-state index is 0.0990. The van der Waals surface area contributed by atoms with Gasteiger partial charge in [-0.2, -0.15) is 0 Å². The number of amides is 2. The van der Waals surface area contributed by atoms with Gasteiger partial charge in [0.1, 0.15) is 0 Å². The molecule has 0 atom stereocenters. The van der Waals surface area contributed by atoms with Crippen molar-refractivity contribution in [2.24, 2.45) is 0 Å². The summed E-state index contributed by atoms with van der Waals surface area (Å²) in [6.07, 6.45) is 0. The van der Waals surface area contributed by atoms with Crippen molar-refractivity contribution in [2.75, 3.05) is 12.4 Å². The van der Waals surface area contributed by atoms with Gasteiger partial charge in [0.2, 0.25) is 0 Å². The molecule has 28 heavy (non-hydrogen) atoms. The van der Waals surface area contributed by atoms with Crippen LogP contribution in [0.4, 0.5) is 5.69 Å². The Labute approximate surface area is 173 Å². The molecule has 0 radical (unpaired) electrons. The first kappa shape index (κ1) is 19.8. The van der Waals surface area contributed by atoms with Crippen LogP contribution in [0.2, 0.25) is 0 Å². The number of carbonyl (C=O) groups excluding carboxylic acids is 2. The molecule has 0 aliphatic carbocycles. The van der Waals surface area contributed by atoms with E-state index in [4.69, 9.17) is 0 Å². The SMILES string of the molecule is Cc1ccc(C(=O)Nc2cccc(C(=O)N(C)Cc3ccccc3)c2)cc1Br. The quantitative estimate of drug-likeness (QED) is 0.590. The van der Waals surface area contributed by atoms with Gasteiger partial charge < -0.3 is 10.2 Å². The van der Waals surface area contributed by atoms with Gasteiger partial charge in [0.25, 0.3) is 11.8 Å². The molecule has 0 spiro atoms. The van der Waals surface area contributed by atoms with Crippen molar-refractivity contribution >= 4 is 33.4 Å². The Balaban J connectivity index is 1.71.